The van der Waals surface area contributed by atoms with Gasteiger partial charge in [-0.2, -0.15) is 0 Å². The van der Waals surface area contributed by atoms with E-state index in [1.165, 1.54) is 0 Å². The van der Waals surface area contributed by atoms with Crippen molar-refractivity contribution in [3.63, 3.8) is 0 Å². The molecule has 1 N–H and O–H groups in total. The van der Waals surface area contributed by atoms with Crippen LogP contribution in [0.2, 0.25) is 0 Å². The maximum atomic E-state index is 13.0. The molecule has 2 heterocycles. The molecule has 1 fully saturated rings. The highest BCUT2D eigenvalue weighted by atomic mass is 79.9. The molecule has 1 aromatic carbocycles. The van der Waals surface area contributed by atoms with Gasteiger partial charge in [0.15, 0.2) is 11.5 Å². The van der Waals surface area contributed by atoms with Gasteiger partial charge in [0, 0.05) is 29.8 Å². The summed E-state index contributed by atoms with van der Waals surface area (Å²) in [6.07, 6.45) is 3.60. The number of hydrogen-bond donors (Lipinski definition) is 1. The topological polar surface area (TPSA) is 73.2 Å². The summed E-state index contributed by atoms with van der Waals surface area (Å²) >= 11 is 3.47. The van der Waals surface area contributed by atoms with E-state index in [0.29, 0.717) is 34.7 Å². The lowest BCUT2D eigenvalue weighted by Gasteiger charge is -2.25. The summed E-state index contributed by atoms with van der Waals surface area (Å²) in [5.41, 5.74) is 0.592. The number of nitrogens with zero attached hydrogens (tertiary/aromatic N) is 1. The fraction of sp³-hybridized carbons (Fsp3) is 0.421. The number of hydrogen-bond acceptors (Lipinski definition) is 5. The van der Waals surface area contributed by atoms with E-state index in [9.17, 15) is 4.79 Å². The number of anilines is 1. The van der Waals surface area contributed by atoms with E-state index in [0.717, 1.165) is 25.2 Å². The Morgan fingerprint density at radius 3 is 2.74 bits per heavy atom. The van der Waals surface area contributed by atoms with Gasteiger partial charge < -0.3 is 28.8 Å². The van der Waals surface area contributed by atoms with Gasteiger partial charge in [-0.05, 0) is 40.9 Å². The standard InChI is InChI=1S/C19H23BrN2O5/c1-24-17-9-15(20)16(10-18(17)25-2)21-19(23)22(11-13-5-3-7-26-13)12-14-6-4-8-27-14/h3,5,7,9-10,14H,4,6,8,11-12H2,1-2H3,(H,21,23). The second-order valence-electron chi connectivity index (χ2n) is 6.21. The summed E-state index contributed by atoms with van der Waals surface area (Å²) in [5, 5.41) is 2.93. The summed E-state index contributed by atoms with van der Waals surface area (Å²) in [6, 6.07) is 6.89. The second-order valence-corrected chi connectivity index (χ2v) is 7.07. The second kappa shape index (κ2) is 9.14. The highest BCUT2D eigenvalue weighted by molar-refractivity contribution is 9.10. The lowest BCUT2D eigenvalue weighted by Crippen LogP contribution is -2.39. The quantitative estimate of drug-likeness (QED) is 0.698. The summed E-state index contributed by atoms with van der Waals surface area (Å²) in [5.74, 6) is 1.83. The van der Waals surface area contributed by atoms with Gasteiger partial charge in [-0.3, -0.25) is 0 Å². The average molecular weight is 439 g/mol. The van der Waals surface area contributed by atoms with Gasteiger partial charge >= 0.3 is 6.03 Å². The van der Waals surface area contributed by atoms with Crippen LogP contribution >= 0.6 is 15.9 Å². The molecule has 1 aliphatic rings. The van der Waals surface area contributed by atoms with Crippen molar-refractivity contribution in [1.82, 2.24) is 4.90 Å². The number of nitrogens with one attached hydrogen (secondary N) is 1. The summed E-state index contributed by atoms with van der Waals surface area (Å²) in [4.78, 5) is 14.7. The van der Waals surface area contributed by atoms with Crippen LogP contribution in [-0.2, 0) is 11.3 Å². The molecule has 1 atom stereocenters. The number of amides is 2. The molecule has 0 bridgehead atoms. The highest BCUT2D eigenvalue weighted by Crippen LogP contribution is 2.36. The van der Waals surface area contributed by atoms with Crippen LogP contribution in [0.4, 0.5) is 10.5 Å². The molecule has 8 heteroatoms. The first kappa shape index (κ1) is 19.6. The third-order valence-corrected chi connectivity index (χ3v) is 5.03. The van der Waals surface area contributed by atoms with Crippen molar-refractivity contribution < 1.29 is 23.4 Å². The first-order chi connectivity index (χ1) is 13.1. The lowest BCUT2D eigenvalue weighted by molar-refractivity contribution is 0.0803. The SMILES string of the molecule is COc1cc(Br)c(NC(=O)N(Cc2ccco2)CC2CCCO2)cc1OC. The van der Waals surface area contributed by atoms with Gasteiger partial charge in [-0.1, -0.05) is 0 Å². The van der Waals surface area contributed by atoms with Crippen LogP contribution in [0.3, 0.4) is 0 Å². The molecule has 0 spiro atoms. The number of benzene rings is 1. The summed E-state index contributed by atoms with van der Waals surface area (Å²) in [6.45, 7) is 1.60. The first-order valence-electron chi connectivity index (χ1n) is 8.72. The van der Waals surface area contributed by atoms with Crippen molar-refractivity contribution in [1.29, 1.82) is 0 Å². The highest BCUT2D eigenvalue weighted by Gasteiger charge is 2.24. The molecular weight excluding hydrogens is 416 g/mol. The Morgan fingerprint density at radius 2 is 2.11 bits per heavy atom. The third kappa shape index (κ3) is 4.95. The van der Waals surface area contributed by atoms with E-state index in [1.54, 1.807) is 37.5 Å². The van der Waals surface area contributed by atoms with Crippen molar-refractivity contribution in [3.05, 3.63) is 40.8 Å². The van der Waals surface area contributed by atoms with Crippen molar-refractivity contribution in [2.75, 3.05) is 32.7 Å². The van der Waals surface area contributed by atoms with Gasteiger partial charge in [0.1, 0.15) is 5.76 Å². The van der Waals surface area contributed by atoms with Gasteiger partial charge in [-0.25, -0.2) is 4.79 Å². The number of ether oxygens (including phenoxy) is 3. The Balaban J connectivity index is 1.76. The van der Waals surface area contributed by atoms with E-state index in [-0.39, 0.29) is 12.1 Å². The zero-order valence-corrected chi connectivity index (χ0v) is 17.0. The third-order valence-electron chi connectivity index (χ3n) is 4.38. The van der Waals surface area contributed by atoms with Gasteiger partial charge in [0.2, 0.25) is 0 Å². The molecule has 27 heavy (non-hydrogen) atoms. The van der Waals surface area contributed by atoms with Gasteiger partial charge in [0.25, 0.3) is 0 Å². The molecule has 0 aliphatic carbocycles. The van der Waals surface area contributed by atoms with Crippen LogP contribution in [0.1, 0.15) is 18.6 Å². The molecule has 2 amide bonds. The molecule has 1 aromatic heterocycles. The maximum absolute atomic E-state index is 13.0. The number of methoxy groups -OCH3 is 2. The maximum Gasteiger partial charge on any atom is 0.322 e. The van der Waals surface area contributed by atoms with E-state index < -0.39 is 0 Å². The molecule has 1 saturated heterocycles. The number of urea groups is 1. The van der Waals surface area contributed by atoms with Crippen molar-refractivity contribution in [2.24, 2.45) is 0 Å². The predicted molar refractivity (Wildman–Crippen MR) is 104 cm³/mol. The van der Waals surface area contributed by atoms with Crippen molar-refractivity contribution in [3.8, 4) is 11.5 Å². The minimum atomic E-state index is -0.241. The molecule has 146 valence electrons. The normalized spacial score (nSPS) is 16.2. The molecule has 2 aromatic rings. The van der Waals surface area contributed by atoms with E-state index in [2.05, 4.69) is 21.2 Å². The van der Waals surface area contributed by atoms with Crippen molar-refractivity contribution in [2.45, 2.75) is 25.5 Å². The first-order valence-corrected chi connectivity index (χ1v) is 9.51. The Labute approximate surface area is 166 Å². The Kier molecular flexibility index (Phi) is 6.63. The van der Waals surface area contributed by atoms with Crippen LogP contribution in [0.15, 0.2) is 39.4 Å². The summed E-state index contributed by atoms with van der Waals surface area (Å²) < 4.78 is 22.4. The predicted octanol–water partition coefficient (Wildman–Crippen LogP) is 4.27. The van der Waals surface area contributed by atoms with Crippen LogP contribution in [0, 0.1) is 0 Å². The van der Waals surface area contributed by atoms with Crippen LogP contribution < -0.4 is 14.8 Å². The smallest absolute Gasteiger partial charge is 0.322 e. The zero-order valence-electron chi connectivity index (χ0n) is 15.4. The van der Waals surface area contributed by atoms with Crippen molar-refractivity contribution >= 4 is 27.6 Å². The van der Waals surface area contributed by atoms with E-state index >= 15 is 0 Å². The number of carbonyl (C=O) groups excluding carboxylic acids is 1. The number of carbonyl (C=O) groups is 1. The Morgan fingerprint density at radius 1 is 1.33 bits per heavy atom. The molecular formula is C19H23BrN2O5. The lowest BCUT2D eigenvalue weighted by atomic mass is 10.2. The summed E-state index contributed by atoms with van der Waals surface area (Å²) in [7, 11) is 3.12. The van der Waals surface area contributed by atoms with Crippen LogP contribution in [0.25, 0.3) is 0 Å². The minimum absolute atomic E-state index is 0.0413. The van der Waals surface area contributed by atoms with Crippen LogP contribution in [0.5, 0.6) is 11.5 Å². The fourth-order valence-electron chi connectivity index (χ4n) is 2.99. The van der Waals surface area contributed by atoms with E-state index in [4.69, 9.17) is 18.6 Å². The fourth-order valence-corrected chi connectivity index (χ4v) is 3.41. The van der Waals surface area contributed by atoms with Gasteiger partial charge in [0.05, 0.1) is 38.8 Å². The average Bonchev–Trinajstić information content (AvgIpc) is 3.36. The molecule has 3 rings (SSSR count). The minimum Gasteiger partial charge on any atom is -0.493 e. The Hall–Kier alpha value is -2.19. The monoisotopic (exact) mass is 438 g/mol. The van der Waals surface area contributed by atoms with E-state index in [1.807, 2.05) is 12.1 Å². The molecule has 0 radical (unpaired) electrons. The molecule has 1 aliphatic heterocycles. The zero-order chi connectivity index (χ0) is 19.2. The van der Waals surface area contributed by atoms with Gasteiger partial charge in [-0.15, -0.1) is 0 Å². The largest absolute Gasteiger partial charge is 0.493 e. The molecule has 0 saturated carbocycles. The molecule has 7 nitrogen and oxygen atoms in total. The number of rotatable bonds is 7. The Bertz CT molecular complexity index is 760. The number of furan rings is 1. The molecule has 1 unspecified atom stereocenters. The number of halogens is 1. The van der Waals surface area contributed by atoms with Crippen LogP contribution in [-0.4, -0.2) is 44.4 Å².